The molecule has 108 valence electrons. The number of carbonyl (C=O) groups excluding carboxylic acids is 2. The number of amides is 2. The fourth-order valence-corrected chi connectivity index (χ4v) is 2.33. The van der Waals surface area contributed by atoms with Gasteiger partial charge in [0.2, 0.25) is 5.91 Å². The summed E-state index contributed by atoms with van der Waals surface area (Å²) in [5.41, 5.74) is -0.703. The first kappa shape index (κ1) is 14.0. The molecule has 1 saturated heterocycles. The van der Waals surface area contributed by atoms with Crippen molar-refractivity contribution in [2.24, 2.45) is 7.05 Å². The highest BCUT2D eigenvalue weighted by molar-refractivity contribution is 6.08. The van der Waals surface area contributed by atoms with Crippen LogP contribution in [0.2, 0.25) is 0 Å². The molecule has 2 N–H and O–H groups in total. The van der Waals surface area contributed by atoms with E-state index in [0.717, 1.165) is 0 Å². The average Bonchev–Trinajstić information content (AvgIpc) is 2.59. The van der Waals surface area contributed by atoms with Crippen LogP contribution in [-0.2, 0) is 16.6 Å². The molecule has 20 heavy (non-hydrogen) atoms. The van der Waals surface area contributed by atoms with E-state index in [2.05, 4.69) is 10.4 Å². The number of carboxylic acids is 1. The Bertz CT molecular complexity index is 617. The first-order chi connectivity index (χ1) is 9.16. The SMILES string of the molecule is Cc1nn(C)c(N2CC(=O)NC(=O)C2(C)C)c1C(=O)O. The second kappa shape index (κ2) is 4.32. The molecule has 8 nitrogen and oxygen atoms in total. The highest BCUT2D eigenvalue weighted by atomic mass is 16.4. The summed E-state index contributed by atoms with van der Waals surface area (Å²) in [4.78, 5) is 36.4. The van der Waals surface area contributed by atoms with Gasteiger partial charge in [-0.3, -0.25) is 19.6 Å². The van der Waals surface area contributed by atoms with E-state index in [0.29, 0.717) is 5.69 Å². The van der Waals surface area contributed by atoms with E-state index in [-0.39, 0.29) is 17.9 Å². The molecule has 1 fully saturated rings. The number of nitrogens with one attached hydrogen (secondary N) is 1. The maximum Gasteiger partial charge on any atom is 0.341 e. The molecule has 0 unspecified atom stereocenters. The summed E-state index contributed by atoms with van der Waals surface area (Å²) < 4.78 is 1.38. The average molecular weight is 280 g/mol. The van der Waals surface area contributed by atoms with E-state index >= 15 is 0 Å². The molecular formula is C12H16N4O4. The minimum absolute atomic E-state index is 0.00285. The largest absolute Gasteiger partial charge is 0.477 e. The Hall–Kier alpha value is -2.38. The summed E-state index contributed by atoms with van der Waals surface area (Å²) in [7, 11) is 1.59. The lowest BCUT2D eigenvalue weighted by Gasteiger charge is -2.41. The van der Waals surface area contributed by atoms with Gasteiger partial charge in [-0.25, -0.2) is 4.79 Å². The maximum absolute atomic E-state index is 12.0. The lowest BCUT2D eigenvalue weighted by Crippen LogP contribution is -2.64. The quantitative estimate of drug-likeness (QED) is 0.719. The van der Waals surface area contributed by atoms with Crippen molar-refractivity contribution in [2.75, 3.05) is 11.4 Å². The van der Waals surface area contributed by atoms with E-state index in [4.69, 9.17) is 0 Å². The summed E-state index contributed by atoms with van der Waals surface area (Å²) >= 11 is 0. The number of imide groups is 1. The Labute approximate surface area is 115 Å². The lowest BCUT2D eigenvalue weighted by atomic mass is 9.98. The second-order valence-electron chi connectivity index (χ2n) is 5.24. The molecule has 1 aromatic heterocycles. The van der Waals surface area contributed by atoms with Gasteiger partial charge in [0, 0.05) is 7.05 Å². The predicted molar refractivity (Wildman–Crippen MR) is 69.5 cm³/mol. The van der Waals surface area contributed by atoms with Crippen LogP contribution in [-0.4, -0.2) is 44.8 Å². The third-order valence-corrected chi connectivity index (χ3v) is 3.45. The molecule has 1 aliphatic rings. The van der Waals surface area contributed by atoms with Crippen LogP contribution in [0, 0.1) is 6.92 Å². The minimum atomic E-state index is -1.14. The topological polar surface area (TPSA) is 105 Å². The van der Waals surface area contributed by atoms with E-state index in [1.54, 1.807) is 27.8 Å². The highest BCUT2D eigenvalue weighted by Gasteiger charge is 2.44. The number of hydrogen-bond donors (Lipinski definition) is 2. The van der Waals surface area contributed by atoms with E-state index in [9.17, 15) is 19.5 Å². The van der Waals surface area contributed by atoms with Crippen LogP contribution in [0.3, 0.4) is 0 Å². The Morgan fingerprint density at radius 2 is 2.00 bits per heavy atom. The van der Waals surface area contributed by atoms with Gasteiger partial charge in [0.05, 0.1) is 12.2 Å². The van der Waals surface area contributed by atoms with Crippen molar-refractivity contribution in [3.8, 4) is 0 Å². The third kappa shape index (κ3) is 1.93. The number of aryl methyl sites for hydroxylation is 2. The molecule has 0 atom stereocenters. The van der Waals surface area contributed by atoms with Crippen molar-refractivity contribution in [2.45, 2.75) is 26.3 Å². The third-order valence-electron chi connectivity index (χ3n) is 3.45. The van der Waals surface area contributed by atoms with Gasteiger partial charge in [-0.05, 0) is 20.8 Å². The number of aromatic carboxylic acids is 1. The first-order valence-electron chi connectivity index (χ1n) is 6.05. The van der Waals surface area contributed by atoms with Crippen LogP contribution >= 0.6 is 0 Å². The van der Waals surface area contributed by atoms with Crippen molar-refractivity contribution in [1.82, 2.24) is 15.1 Å². The van der Waals surface area contributed by atoms with Crippen LogP contribution in [0.1, 0.15) is 29.9 Å². The Morgan fingerprint density at radius 3 is 2.55 bits per heavy atom. The normalized spacial score (nSPS) is 18.1. The minimum Gasteiger partial charge on any atom is -0.477 e. The fraction of sp³-hybridized carbons (Fsp3) is 0.500. The van der Waals surface area contributed by atoms with Crippen molar-refractivity contribution in [1.29, 1.82) is 0 Å². The van der Waals surface area contributed by atoms with Gasteiger partial charge in [0.1, 0.15) is 16.9 Å². The highest BCUT2D eigenvalue weighted by Crippen LogP contribution is 2.30. The molecule has 2 heterocycles. The molecular weight excluding hydrogens is 264 g/mol. The molecule has 1 aliphatic heterocycles. The molecule has 0 saturated carbocycles. The van der Waals surface area contributed by atoms with Gasteiger partial charge in [-0.15, -0.1) is 0 Å². The Kier molecular flexibility index (Phi) is 3.04. The number of hydrogen-bond acceptors (Lipinski definition) is 5. The smallest absolute Gasteiger partial charge is 0.341 e. The molecule has 0 aliphatic carbocycles. The molecule has 0 bridgehead atoms. The van der Waals surface area contributed by atoms with Crippen LogP contribution in [0.4, 0.5) is 5.82 Å². The van der Waals surface area contributed by atoms with Crippen LogP contribution in [0.15, 0.2) is 0 Å². The standard InChI is InChI=1S/C12H16N4O4/c1-6-8(10(18)19)9(15(4)14-6)16-5-7(17)13-11(20)12(16,2)3/h5H2,1-4H3,(H,18,19)(H,13,17,20). The fourth-order valence-electron chi connectivity index (χ4n) is 2.33. The van der Waals surface area contributed by atoms with Crippen LogP contribution < -0.4 is 10.2 Å². The number of aromatic nitrogens is 2. The van der Waals surface area contributed by atoms with Gasteiger partial charge < -0.3 is 10.0 Å². The van der Waals surface area contributed by atoms with Gasteiger partial charge in [0.25, 0.3) is 5.91 Å². The van der Waals surface area contributed by atoms with Gasteiger partial charge in [-0.1, -0.05) is 0 Å². The maximum atomic E-state index is 12.0. The number of nitrogens with zero attached hydrogens (tertiary/aromatic N) is 3. The summed E-state index contributed by atoms with van der Waals surface area (Å²) in [6.45, 7) is 4.73. The molecule has 2 rings (SSSR count). The predicted octanol–water partition coefficient (Wildman–Crippen LogP) is -0.332. The molecule has 1 aromatic rings. The molecule has 0 spiro atoms. The molecule has 0 aromatic carbocycles. The summed E-state index contributed by atoms with van der Waals surface area (Å²) in [6, 6.07) is 0. The van der Waals surface area contributed by atoms with E-state index in [1.165, 1.54) is 9.58 Å². The lowest BCUT2D eigenvalue weighted by molar-refractivity contribution is -0.135. The van der Waals surface area contributed by atoms with Crippen molar-refractivity contribution in [3.05, 3.63) is 11.3 Å². The molecule has 0 radical (unpaired) electrons. The van der Waals surface area contributed by atoms with E-state index < -0.39 is 23.3 Å². The van der Waals surface area contributed by atoms with Gasteiger partial charge in [-0.2, -0.15) is 5.10 Å². The molecule has 2 amide bonds. The number of anilines is 1. The first-order valence-corrected chi connectivity index (χ1v) is 6.05. The monoisotopic (exact) mass is 280 g/mol. The van der Waals surface area contributed by atoms with Gasteiger partial charge in [0.15, 0.2) is 0 Å². The Morgan fingerprint density at radius 1 is 1.40 bits per heavy atom. The zero-order valence-electron chi connectivity index (χ0n) is 11.7. The second-order valence-corrected chi connectivity index (χ2v) is 5.24. The van der Waals surface area contributed by atoms with Crippen molar-refractivity contribution in [3.63, 3.8) is 0 Å². The van der Waals surface area contributed by atoms with Crippen molar-refractivity contribution >= 4 is 23.6 Å². The summed E-state index contributed by atoms with van der Waals surface area (Å²) in [5, 5.41) is 15.6. The van der Waals surface area contributed by atoms with Crippen molar-refractivity contribution < 1.29 is 19.5 Å². The number of carbonyl (C=O) groups is 3. The van der Waals surface area contributed by atoms with Gasteiger partial charge >= 0.3 is 5.97 Å². The molecule has 8 heteroatoms. The van der Waals surface area contributed by atoms with Crippen LogP contribution in [0.25, 0.3) is 0 Å². The zero-order valence-corrected chi connectivity index (χ0v) is 11.7. The van der Waals surface area contributed by atoms with Crippen LogP contribution in [0.5, 0.6) is 0 Å². The summed E-state index contributed by atoms with van der Waals surface area (Å²) in [6.07, 6.45) is 0. The number of piperazine rings is 1. The number of rotatable bonds is 2. The van der Waals surface area contributed by atoms with E-state index in [1.807, 2.05) is 0 Å². The number of carboxylic acid groups (broad SMARTS) is 1. The Balaban J connectivity index is 2.63. The zero-order chi connectivity index (χ0) is 15.2. The summed E-state index contributed by atoms with van der Waals surface area (Å²) in [5.74, 6) is -1.82.